The molecule has 0 saturated heterocycles. The van der Waals surface area contributed by atoms with Gasteiger partial charge in [0, 0.05) is 0 Å². The second-order valence-corrected chi connectivity index (χ2v) is 4.29. The van der Waals surface area contributed by atoms with Crippen LogP contribution in [0, 0.1) is 6.92 Å². The van der Waals surface area contributed by atoms with Gasteiger partial charge in [0.1, 0.15) is 6.61 Å². The van der Waals surface area contributed by atoms with E-state index in [0.29, 0.717) is 0 Å². The summed E-state index contributed by atoms with van der Waals surface area (Å²) in [5.41, 5.74) is 2.26. The Morgan fingerprint density at radius 1 is 1.22 bits per heavy atom. The average Bonchev–Trinajstić information content (AvgIpc) is 2.34. The Balaban J connectivity index is 2.62. The zero-order valence-electron chi connectivity index (χ0n) is 11.0. The second-order valence-electron chi connectivity index (χ2n) is 4.29. The van der Waals surface area contributed by atoms with Crippen LogP contribution < -0.4 is 5.32 Å². The van der Waals surface area contributed by atoms with Gasteiger partial charge in [0.2, 0.25) is 0 Å². The number of hydrogen-bond donors (Lipinski definition) is 1. The summed E-state index contributed by atoms with van der Waals surface area (Å²) in [4.78, 5) is 0. The molecule has 2 nitrogen and oxygen atoms in total. The molecule has 0 heterocycles. The molecular formula is C14H21F2NO. The fourth-order valence-corrected chi connectivity index (χ4v) is 1.83. The largest absolute Gasteiger partial charge is 0.374 e. The lowest BCUT2D eigenvalue weighted by Crippen LogP contribution is -2.27. The summed E-state index contributed by atoms with van der Waals surface area (Å²) in [7, 11) is 0. The summed E-state index contributed by atoms with van der Waals surface area (Å²) in [6.45, 7) is 4.70. The number of benzene rings is 1. The first-order chi connectivity index (χ1) is 8.65. The van der Waals surface area contributed by atoms with Crippen LogP contribution in [0.2, 0.25) is 0 Å². The number of rotatable bonds is 8. The van der Waals surface area contributed by atoms with Crippen molar-refractivity contribution in [2.75, 3.05) is 19.8 Å². The SMILES string of the molecule is CCCNC(COCC(F)F)c1ccccc1C. The number of ether oxygens (including phenoxy) is 1. The molecule has 1 aromatic rings. The lowest BCUT2D eigenvalue weighted by molar-refractivity contribution is 0.00916. The molecule has 0 bridgehead atoms. The molecule has 0 saturated carbocycles. The van der Waals surface area contributed by atoms with Crippen molar-refractivity contribution in [1.82, 2.24) is 5.32 Å². The lowest BCUT2D eigenvalue weighted by Gasteiger charge is -2.20. The van der Waals surface area contributed by atoms with Gasteiger partial charge in [0.25, 0.3) is 6.43 Å². The first-order valence-electron chi connectivity index (χ1n) is 6.30. The maximum Gasteiger partial charge on any atom is 0.261 e. The van der Waals surface area contributed by atoms with Crippen molar-refractivity contribution in [3.05, 3.63) is 35.4 Å². The van der Waals surface area contributed by atoms with Crippen molar-refractivity contribution in [1.29, 1.82) is 0 Å². The van der Waals surface area contributed by atoms with Gasteiger partial charge in [-0.25, -0.2) is 8.78 Å². The van der Waals surface area contributed by atoms with Crippen molar-refractivity contribution >= 4 is 0 Å². The molecule has 0 aliphatic carbocycles. The highest BCUT2D eigenvalue weighted by Crippen LogP contribution is 2.18. The van der Waals surface area contributed by atoms with Crippen LogP contribution in [0.4, 0.5) is 8.78 Å². The van der Waals surface area contributed by atoms with Gasteiger partial charge in [-0.1, -0.05) is 31.2 Å². The van der Waals surface area contributed by atoms with Crippen LogP contribution >= 0.6 is 0 Å². The molecule has 18 heavy (non-hydrogen) atoms. The highest BCUT2D eigenvalue weighted by molar-refractivity contribution is 5.28. The molecule has 0 aliphatic heterocycles. The Hall–Kier alpha value is -1.00. The van der Waals surface area contributed by atoms with Crippen molar-refractivity contribution < 1.29 is 13.5 Å². The van der Waals surface area contributed by atoms with Gasteiger partial charge in [0.05, 0.1) is 12.6 Å². The minimum atomic E-state index is -2.41. The van der Waals surface area contributed by atoms with Crippen LogP contribution in [0.25, 0.3) is 0 Å². The summed E-state index contributed by atoms with van der Waals surface area (Å²) >= 11 is 0. The third kappa shape index (κ3) is 5.10. The zero-order chi connectivity index (χ0) is 13.4. The third-order valence-electron chi connectivity index (χ3n) is 2.73. The zero-order valence-corrected chi connectivity index (χ0v) is 11.0. The summed E-state index contributed by atoms with van der Waals surface area (Å²) in [5, 5.41) is 3.33. The smallest absolute Gasteiger partial charge is 0.261 e. The van der Waals surface area contributed by atoms with Crippen LogP contribution in [0.1, 0.15) is 30.5 Å². The molecule has 0 fully saturated rings. The van der Waals surface area contributed by atoms with E-state index in [1.54, 1.807) is 0 Å². The van der Waals surface area contributed by atoms with Crippen LogP contribution in [0.3, 0.4) is 0 Å². The molecule has 1 aromatic carbocycles. The fraction of sp³-hybridized carbons (Fsp3) is 0.571. The van der Waals surface area contributed by atoms with E-state index in [0.717, 1.165) is 24.1 Å². The first-order valence-corrected chi connectivity index (χ1v) is 6.30. The first kappa shape index (κ1) is 15.1. The van der Waals surface area contributed by atoms with Crippen LogP contribution in [0.5, 0.6) is 0 Å². The number of hydrogen-bond acceptors (Lipinski definition) is 2. The summed E-state index contributed by atoms with van der Waals surface area (Å²) in [5.74, 6) is 0. The predicted molar refractivity (Wildman–Crippen MR) is 69.0 cm³/mol. The second kappa shape index (κ2) is 8.16. The fourth-order valence-electron chi connectivity index (χ4n) is 1.83. The van der Waals surface area contributed by atoms with E-state index >= 15 is 0 Å². The quantitative estimate of drug-likeness (QED) is 0.771. The highest BCUT2D eigenvalue weighted by Gasteiger charge is 2.14. The summed E-state index contributed by atoms with van der Waals surface area (Å²) < 4.78 is 29.2. The Labute approximate surface area is 107 Å². The molecule has 0 amide bonds. The molecule has 1 rings (SSSR count). The Morgan fingerprint density at radius 2 is 1.94 bits per heavy atom. The Kier molecular flexibility index (Phi) is 6.83. The molecule has 1 atom stereocenters. The van der Waals surface area contributed by atoms with Crippen LogP contribution in [-0.4, -0.2) is 26.2 Å². The lowest BCUT2D eigenvalue weighted by atomic mass is 10.0. The van der Waals surface area contributed by atoms with E-state index in [9.17, 15) is 8.78 Å². The van der Waals surface area contributed by atoms with Crippen LogP contribution in [-0.2, 0) is 4.74 Å². The van der Waals surface area contributed by atoms with Gasteiger partial charge in [0.15, 0.2) is 0 Å². The molecule has 1 N–H and O–H groups in total. The van der Waals surface area contributed by atoms with Crippen molar-refractivity contribution in [3.8, 4) is 0 Å². The third-order valence-corrected chi connectivity index (χ3v) is 2.73. The van der Waals surface area contributed by atoms with E-state index in [1.165, 1.54) is 0 Å². The maximum absolute atomic E-state index is 12.1. The minimum absolute atomic E-state index is 0.0232. The number of halogens is 2. The van der Waals surface area contributed by atoms with Gasteiger partial charge in [-0.15, -0.1) is 0 Å². The van der Waals surface area contributed by atoms with Crippen LogP contribution in [0.15, 0.2) is 24.3 Å². The normalized spacial score (nSPS) is 12.9. The molecule has 1 unspecified atom stereocenters. The number of aryl methyl sites for hydroxylation is 1. The average molecular weight is 257 g/mol. The van der Waals surface area contributed by atoms with E-state index < -0.39 is 13.0 Å². The van der Waals surface area contributed by atoms with E-state index in [1.807, 2.05) is 31.2 Å². The highest BCUT2D eigenvalue weighted by atomic mass is 19.3. The number of alkyl halides is 2. The Bertz CT molecular complexity index is 344. The summed E-state index contributed by atoms with van der Waals surface area (Å²) in [6, 6.07) is 7.92. The van der Waals surface area contributed by atoms with E-state index in [-0.39, 0.29) is 12.6 Å². The van der Waals surface area contributed by atoms with Gasteiger partial charge >= 0.3 is 0 Å². The van der Waals surface area contributed by atoms with Crippen molar-refractivity contribution in [2.45, 2.75) is 32.7 Å². The molecule has 0 aromatic heterocycles. The molecular weight excluding hydrogens is 236 g/mol. The van der Waals surface area contributed by atoms with E-state index in [2.05, 4.69) is 12.2 Å². The topological polar surface area (TPSA) is 21.3 Å². The number of nitrogens with one attached hydrogen (secondary N) is 1. The standard InChI is InChI=1S/C14H21F2NO/c1-3-8-17-13(9-18-10-14(15)16)12-7-5-4-6-11(12)2/h4-7,13-14,17H,3,8-10H2,1-2H3. The molecule has 0 radical (unpaired) electrons. The maximum atomic E-state index is 12.1. The minimum Gasteiger partial charge on any atom is -0.374 e. The van der Waals surface area contributed by atoms with Gasteiger partial charge in [-0.05, 0) is 31.0 Å². The Morgan fingerprint density at radius 3 is 2.56 bits per heavy atom. The molecule has 4 heteroatoms. The monoisotopic (exact) mass is 257 g/mol. The predicted octanol–water partition coefficient (Wildman–Crippen LogP) is 3.32. The molecule has 0 aliphatic rings. The molecule has 0 spiro atoms. The van der Waals surface area contributed by atoms with Crippen molar-refractivity contribution in [2.24, 2.45) is 0 Å². The van der Waals surface area contributed by atoms with Crippen molar-refractivity contribution in [3.63, 3.8) is 0 Å². The summed E-state index contributed by atoms with van der Waals surface area (Å²) in [6.07, 6.45) is -1.41. The van der Waals surface area contributed by atoms with Gasteiger partial charge in [-0.3, -0.25) is 0 Å². The van der Waals surface area contributed by atoms with E-state index in [4.69, 9.17) is 4.74 Å². The van der Waals surface area contributed by atoms with Gasteiger partial charge < -0.3 is 10.1 Å². The van der Waals surface area contributed by atoms with Gasteiger partial charge in [-0.2, -0.15) is 0 Å². The molecule has 102 valence electrons.